The number of amides is 1. The minimum absolute atomic E-state index is 0.00751. The van der Waals surface area contributed by atoms with Gasteiger partial charge in [-0.3, -0.25) is 4.79 Å². The van der Waals surface area contributed by atoms with Gasteiger partial charge in [0.25, 0.3) is 6.01 Å². The number of aromatic nitrogens is 1. The topological polar surface area (TPSA) is 61.6 Å². The second kappa shape index (κ2) is 8.78. The molecule has 4 rings (SSSR count). The lowest BCUT2D eigenvalue weighted by Crippen LogP contribution is -2.38. The van der Waals surface area contributed by atoms with Gasteiger partial charge in [0.05, 0.1) is 0 Å². The molecule has 1 amide bonds. The van der Waals surface area contributed by atoms with Crippen molar-refractivity contribution in [3.63, 3.8) is 0 Å². The molecular weight excluding hydrogens is 376 g/mol. The van der Waals surface area contributed by atoms with Gasteiger partial charge in [-0.15, -0.1) is 0 Å². The third-order valence-corrected chi connectivity index (χ3v) is 5.85. The molecule has 2 heterocycles. The number of benzene rings is 2. The van der Waals surface area contributed by atoms with Crippen LogP contribution in [0, 0.1) is 5.92 Å². The SMILES string of the molecule is CCN(c1ccc(NC(=O)C2CCN(c3nc4ccccc4o3)CC2)cc1)C(C)C. The van der Waals surface area contributed by atoms with Crippen LogP contribution in [0.2, 0.25) is 0 Å². The molecule has 3 aromatic rings. The van der Waals surface area contributed by atoms with Gasteiger partial charge >= 0.3 is 0 Å². The third kappa shape index (κ3) is 4.27. The van der Waals surface area contributed by atoms with E-state index in [9.17, 15) is 4.79 Å². The molecule has 0 bridgehead atoms. The molecule has 0 atom stereocenters. The molecule has 1 aromatic heterocycles. The zero-order valence-electron chi connectivity index (χ0n) is 18.0. The van der Waals surface area contributed by atoms with Crippen molar-refractivity contribution in [1.29, 1.82) is 0 Å². The fourth-order valence-corrected chi connectivity index (χ4v) is 4.15. The Hall–Kier alpha value is -3.02. The summed E-state index contributed by atoms with van der Waals surface area (Å²) >= 11 is 0. The first-order valence-electron chi connectivity index (χ1n) is 10.8. The second-order valence-electron chi connectivity index (χ2n) is 8.14. The van der Waals surface area contributed by atoms with Crippen molar-refractivity contribution in [2.75, 3.05) is 34.8 Å². The summed E-state index contributed by atoms with van der Waals surface area (Å²) in [6.07, 6.45) is 1.58. The number of oxazole rings is 1. The first-order valence-corrected chi connectivity index (χ1v) is 10.8. The first-order chi connectivity index (χ1) is 14.5. The molecule has 158 valence electrons. The van der Waals surface area contributed by atoms with Crippen molar-refractivity contribution in [3.05, 3.63) is 48.5 Å². The Morgan fingerprint density at radius 2 is 1.87 bits per heavy atom. The van der Waals surface area contributed by atoms with Gasteiger partial charge in [-0.05, 0) is 70.0 Å². The highest BCUT2D eigenvalue weighted by Gasteiger charge is 2.27. The first kappa shape index (κ1) is 20.3. The molecule has 0 saturated carbocycles. The van der Waals surface area contributed by atoms with Gasteiger partial charge in [0.2, 0.25) is 5.91 Å². The number of carbonyl (C=O) groups is 1. The van der Waals surface area contributed by atoms with E-state index in [1.54, 1.807) is 0 Å². The summed E-state index contributed by atoms with van der Waals surface area (Å²) in [6, 6.07) is 17.0. The van der Waals surface area contributed by atoms with Crippen molar-refractivity contribution in [2.45, 2.75) is 39.7 Å². The highest BCUT2D eigenvalue weighted by atomic mass is 16.4. The highest BCUT2D eigenvalue weighted by molar-refractivity contribution is 5.92. The number of anilines is 3. The number of nitrogens with zero attached hydrogens (tertiary/aromatic N) is 3. The largest absolute Gasteiger partial charge is 0.423 e. The van der Waals surface area contributed by atoms with Crippen LogP contribution in [0.5, 0.6) is 0 Å². The quantitative estimate of drug-likeness (QED) is 0.630. The fourth-order valence-electron chi connectivity index (χ4n) is 4.15. The Balaban J connectivity index is 1.33. The van der Waals surface area contributed by atoms with Crippen molar-refractivity contribution in [2.24, 2.45) is 5.92 Å². The van der Waals surface area contributed by atoms with Crippen LogP contribution in [0.3, 0.4) is 0 Å². The summed E-state index contributed by atoms with van der Waals surface area (Å²) in [6.45, 7) is 9.02. The van der Waals surface area contributed by atoms with E-state index >= 15 is 0 Å². The number of nitrogens with one attached hydrogen (secondary N) is 1. The molecule has 1 N–H and O–H groups in total. The van der Waals surface area contributed by atoms with E-state index in [0.29, 0.717) is 12.1 Å². The predicted octanol–water partition coefficient (Wildman–Crippen LogP) is 4.92. The molecule has 0 aliphatic carbocycles. The van der Waals surface area contributed by atoms with Gasteiger partial charge in [0.1, 0.15) is 5.52 Å². The minimum Gasteiger partial charge on any atom is -0.423 e. The lowest BCUT2D eigenvalue weighted by Gasteiger charge is -2.30. The minimum atomic E-state index is 0.00751. The molecule has 0 radical (unpaired) electrons. The van der Waals surface area contributed by atoms with Crippen LogP contribution in [-0.2, 0) is 4.79 Å². The van der Waals surface area contributed by atoms with E-state index in [1.807, 2.05) is 36.4 Å². The van der Waals surface area contributed by atoms with Gasteiger partial charge in [0.15, 0.2) is 5.58 Å². The van der Waals surface area contributed by atoms with Crippen molar-refractivity contribution in [1.82, 2.24) is 4.98 Å². The van der Waals surface area contributed by atoms with Crippen LogP contribution >= 0.6 is 0 Å². The third-order valence-electron chi connectivity index (χ3n) is 5.85. The number of rotatable bonds is 6. The van der Waals surface area contributed by atoms with Gasteiger partial charge in [-0.25, -0.2) is 0 Å². The molecular formula is C24H30N4O2. The number of piperidine rings is 1. The Kier molecular flexibility index (Phi) is 5.93. The Morgan fingerprint density at radius 3 is 2.50 bits per heavy atom. The van der Waals surface area contributed by atoms with E-state index in [0.717, 1.165) is 49.3 Å². The van der Waals surface area contributed by atoms with Gasteiger partial charge < -0.3 is 19.5 Å². The second-order valence-corrected chi connectivity index (χ2v) is 8.14. The smallest absolute Gasteiger partial charge is 0.298 e. The molecule has 0 spiro atoms. The van der Waals surface area contributed by atoms with E-state index in [2.05, 4.69) is 53.0 Å². The van der Waals surface area contributed by atoms with Gasteiger partial charge in [-0.1, -0.05) is 12.1 Å². The summed E-state index contributed by atoms with van der Waals surface area (Å²) in [5.41, 5.74) is 3.70. The van der Waals surface area contributed by atoms with Crippen molar-refractivity contribution in [3.8, 4) is 0 Å². The number of fused-ring (bicyclic) bond motifs is 1. The number of hydrogen-bond acceptors (Lipinski definition) is 5. The van der Waals surface area contributed by atoms with Gasteiger partial charge in [0, 0.05) is 43.0 Å². The van der Waals surface area contributed by atoms with Crippen LogP contribution in [-0.4, -0.2) is 36.6 Å². The number of carbonyl (C=O) groups excluding carboxylic acids is 1. The molecule has 6 heteroatoms. The van der Waals surface area contributed by atoms with Crippen LogP contribution in [0.1, 0.15) is 33.6 Å². The lowest BCUT2D eigenvalue weighted by atomic mass is 9.96. The zero-order chi connectivity index (χ0) is 21.1. The van der Waals surface area contributed by atoms with Crippen LogP contribution < -0.4 is 15.1 Å². The fraction of sp³-hybridized carbons (Fsp3) is 0.417. The average molecular weight is 407 g/mol. The summed E-state index contributed by atoms with van der Waals surface area (Å²) in [5, 5.41) is 3.09. The summed E-state index contributed by atoms with van der Waals surface area (Å²) in [5.74, 6) is 0.101. The molecule has 6 nitrogen and oxygen atoms in total. The normalized spacial score (nSPS) is 15.0. The molecule has 1 saturated heterocycles. The van der Waals surface area contributed by atoms with Crippen molar-refractivity contribution < 1.29 is 9.21 Å². The summed E-state index contributed by atoms with van der Waals surface area (Å²) in [4.78, 5) is 21.8. The summed E-state index contributed by atoms with van der Waals surface area (Å²) < 4.78 is 5.87. The van der Waals surface area contributed by atoms with Crippen LogP contribution in [0.4, 0.5) is 17.4 Å². The molecule has 2 aromatic carbocycles. The molecule has 1 aliphatic heterocycles. The monoisotopic (exact) mass is 406 g/mol. The standard InChI is InChI=1S/C24H30N4O2/c1-4-28(17(2)3)20-11-9-19(10-12-20)25-23(29)18-13-15-27(16-14-18)24-26-21-7-5-6-8-22(21)30-24/h5-12,17-18H,4,13-16H2,1-3H3,(H,25,29). The van der Waals surface area contributed by atoms with E-state index in [-0.39, 0.29) is 11.8 Å². The van der Waals surface area contributed by atoms with Gasteiger partial charge in [-0.2, -0.15) is 4.98 Å². The van der Waals surface area contributed by atoms with Crippen LogP contribution in [0.15, 0.2) is 52.9 Å². The highest BCUT2D eigenvalue weighted by Crippen LogP contribution is 2.27. The Bertz CT molecular complexity index is 955. The maximum Gasteiger partial charge on any atom is 0.298 e. The Labute approximate surface area is 177 Å². The zero-order valence-corrected chi connectivity index (χ0v) is 18.0. The number of hydrogen-bond donors (Lipinski definition) is 1. The molecule has 1 fully saturated rings. The molecule has 1 aliphatic rings. The van der Waals surface area contributed by atoms with E-state index in [1.165, 1.54) is 5.69 Å². The van der Waals surface area contributed by atoms with Crippen LogP contribution in [0.25, 0.3) is 11.1 Å². The Morgan fingerprint density at radius 1 is 1.17 bits per heavy atom. The van der Waals surface area contributed by atoms with E-state index in [4.69, 9.17) is 4.42 Å². The van der Waals surface area contributed by atoms with E-state index < -0.39 is 0 Å². The summed E-state index contributed by atoms with van der Waals surface area (Å²) in [7, 11) is 0. The lowest BCUT2D eigenvalue weighted by molar-refractivity contribution is -0.120. The number of para-hydroxylation sites is 2. The maximum absolute atomic E-state index is 12.8. The average Bonchev–Trinajstić information content (AvgIpc) is 3.19. The predicted molar refractivity (Wildman–Crippen MR) is 122 cm³/mol. The maximum atomic E-state index is 12.8. The molecule has 0 unspecified atom stereocenters. The van der Waals surface area contributed by atoms with Crippen molar-refractivity contribution >= 4 is 34.4 Å². The molecule has 30 heavy (non-hydrogen) atoms.